The van der Waals surface area contributed by atoms with Crippen LogP contribution in [0.2, 0.25) is 0 Å². The van der Waals surface area contributed by atoms with Crippen molar-refractivity contribution in [3.05, 3.63) is 0 Å². The van der Waals surface area contributed by atoms with Crippen LogP contribution in [0.5, 0.6) is 0 Å². The summed E-state index contributed by atoms with van der Waals surface area (Å²) >= 11 is 0. The highest BCUT2D eigenvalue weighted by Gasteiger charge is 2.53. The normalized spacial score (nSPS) is 25.2. The average Bonchev–Trinajstić information content (AvgIpc) is 2.89. The summed E-state index contributed by atoms with van der Waals surface area (Å²) < 4.78 is 0. The number of imide groups is 1. The molecule has 2 N–H and O–H groups in total. The van der Waals surface area contributed by atoms with Crippen molar-refractivity contribution >= 4 is 17.8 Å². The van der Waals surface area contributed by atoms with E-state index >= 15 is 0 Å². The summed E-state index contributed by atoms with van der Waals surface area (Å²) in [6, 6.07) is -0.0220. The molecule has 1 aliphatic heterocycles. The van der Waals surface area contributed by atoms with Crippen molar-refractivity contribution in [1.29, 1.82) is 0 Å². The zero-order chi connectivity index (χ0) is 21.8. The second-order valence-corrected chi connectivity index (χ2v) is 9.59. The highest BCUT2D eigenvalue weighted by Crippen LogP contribution is 2.45. The van der Waals surface area contributed by atoms with E-state index in [9.17, 15) is 14.4 Å². The van der Waals surface area contributed by atoms with Gasteiger partial charge in [-0.05, 0) is 57.4 Å². The lowest BCUT2D eigenvalue weighted by Gasteiger charge is -2.42. The molecular weight excluding hydrogens is 368 g/mol. The van der Waals surface area contributed by atoms with Crippen LogP contribution < -0.4 is 10.6 Å². The smallest absolute Gasteiger partial charge is 0.325 e. The van der Waals surface area contributed by atoms with Crippen LogP contribution in [0.15, 0.2) is 0 Å². The molecule has 2 fully saturated rings. The highest BCUT2D eigenvalue weighted by atomic mass is 16.2. The molecule has 0 radical (unpaired) electrons. The van der Waals surface area contributed by atoms with Gasteiger partial charge < -0.3 is 10.6 Å². The van der Waals surface area contributed by atoms with Crippen LogP contribution in [0.3, 0.4) is 0 Å². The summed E-state index contributed by atoms with van der Waals surface area (Å²) in [5, 5.41) is 5.75. The Morgan fingerprint density at radius 2 is 1.90 bits per heavy atom. The van der Waals surface area contributed by atoms with Crippen molar-refractivity contribution in [3.63, 3.8) is 0 Å². The number of amides is 4. The Morgan fingerprint density at radius 3 is 2.41 bits per heavy atom. The predicted octanol–water partition coefficient (Wildman–Crippen LogP) is 2.75. The van der Waals surface area contributed by atoms with Crippen LogP contribution in [-0.2, 0) is 9.59 Å². The first-order valence-electron chi connectivity index (χ1n) is 11.2. The van der Waals surface area contributed by atoms with Crippen LogP contribution in [0, 0.1) is 11.3 Å². The number of rotatable bonds is 9. The maximum absolute atomic E-state index is 13.0. The van der Waals surface area contributed by atoms with Gasteiger partial charge in [-0.3, -0.25) is 19.4 Å². The number of nitrogens with zero attached hydrogens (tertiary/aromatic N) is 2. The fourth-order valence-electron chi connectivity index (χ4n) is 4.66. The molecule has 0 atom stereocenters. The number of hydrogen-bond acceptors (Lipinski definition) is 4. The summed E-state index contributed by atoms with van der Waals surface area (Å²) in [5.41, 5.74) is -0.566. The monoisotopic (exact) mass is 408 g/mol. The Bertz CT molecular complexity index is 609. The maximum atomic E-state index is 13.0. The minimum atomic E-state index is -0.811. The van der Waals surface area contributed by atoms with Crippen LogP contribution in [0.25, 0.3) is 0 Å². The molecule has 2 aliphatic rings. The van der Waals surface area contributed by atoms with Gasteiger partial charge in [-0.15, -0.1) is 0 Å². The molecule has 29 heavy (non-hydrogen) atoms. The van der Waals surface area contributed by atoms with E-state index in [1.165, 1.54) is 0 Å². The molecule has 0 bridgehead atoms. The van der Waals surface area contributed by atoms with Crippen LogP contribution >= 0.6 is 0 Å². The van der Waals surface area contributed by atoms with Gasteiger partial charge in [-0.2, -0.15) is 0 Å². The maximum Gasteiger partial charge on any atom is 0.325 e. The number of nitrogens with one attached hydrogen (secondary N) is 2. The summed E-state index contributed by atoms with van der Waals surface area (Å²) in [4.78, 5) is 41.1. The van der Waals surface area contributed by atoms with Crippen molar-refractivity contribution in [2.24, 2.45) is 11.3 Å². The van der Waals surface area contributed by atoms with Crippen LogP contribution in [0.1, 0.15) is 73.6 Å². The Morgan fingerprint density at radius 1 is 1.28 bits per heavy atom. The molecule has 1 heterocycles. The molecule has 166 valence electrons. The van der Waals surface area contributed by atoms with Gasteiger partial charge in [0.15, 0.2) is 0 Å². The fourth-order valence-corrected chi connectivity index (χ4v) is 4.66. The van der Waals surface area contributed by atoms with E-state index in [0.717, 1.165) is 37.3 Å². The Balaban J connectivity index is 1.88. The molecule has 1 aliphatic carbocycles. The van der Waals surface area contributed by atoms with Gasteiger partial charge in [0.05, 0.1) is 0 Å². The lowest BCUT2D eigenvalue weighted by atomic mass is 9.65. The Hall–Kier alpha value is -1.63. The van der Waals surface area contributed by atoms with Crippen molar-refractivity contribution in [2.45, 2.75) is 85.2 Å². The van der Waals surface area contributed by atoms with Crippen LogP contribution in [-0.4, -0.2) is 65.4 Å². The zero-order valence-corrected chi connectivity index (χ0v) is 19.1. The summed E-state index contributed by atoms with van der Waals surface area (Å²) in [5.74, 6) is 0.0385. The van der Waals surface area contributed by atoms with Gasteiger partial charge in [-0.1, -0.05) is 34.1 Å². The first kappa shape index (κ1) is 23.6. The predicted molar refractivity (Wildman–Crippen MR) is 114 cm³/mol. The molecule has 1 spiro atoms. The Kier molecular flexibility index (Phi) is 7.71. The van der Waals surface area contributed by atoms with Gasteiger partial charge in [0, 0.05) is 19.1 Å². The molecule has 0 aromatic carbocycles. The largest absolute Gasteiger partial charge is 0.353 e. The van der Waals surface area contributed by atoms with Gasteiger partial charge >= 0.3 is 6.03 Å². The molecule has 4 amide bonds. The number of carbonyl (C=O) groups excluding carboxylic acids is 3. The minimum Gasteiger partial charge on any atom is -0.353 e. The third-order valence-corrected chi connectivity index (χ3v) is 7.26. The quantitative estimate of drug-likeness (QED) is 0.575. The lowest BCUT2D eigenvalue weighted by Crippen LogP contribution is -2.51. The van der Waals surface area contributed by atoms with Crippen molar-refractivity contribution in [1.82, 2.24) is 20.4 Å². The molecule has 7 nitrogen and oxygen atoms in total. The molecule has 1 saturated carbocycles. The second-order valence-electron chi connectivity index (χ2n) is 9.59. The van der Waals surface area contributed by atoms with Gasteiger partial charge in [0.25, 0.3) is 5.91 Å². The van der Waals surface area contributed by atoms with E-state index in [1.54, 1.807) is 0 Å². The van der Waals surface area contributed by atoms with Crippen LogP contribution in [0.4, 0.5) is 4.79 Å². The van der Waals surface area contributed by atoms with Crippen molar-refractivity contribution < 1.29 is 14.4 Å². The second kappa shape index (κ2) is 9.45. The van der Waals surface area contributed by atoms with Gasteiger partial charge in [0.2, 0.25) is 5.91 Å². The molecule has 0 unspecified atom stereocenters. The molecular formula is C22H40N4O3. The first-order chi connectivity index (χ1) is 13.6. The standard InChI is InChI=1S/C22H40N4O3/c1-7-21(5,6)17-9-11-22(12-10-17)19(28)26(20(29)24-22)15-18(27)23-13-14-25(8-2)16(3)4/h16-17H,7-15H2,1-6H3,(H,23,27)(H,24,29). The van der Waals surface area contributed by atoms with E-state index in [0.29, 0.717) is 31.3 Å². The average molecular weight is 409 g/mol. The van der Waals surface area contributed by atoms with E-state index in [4.69, 9.17) is 0 Å². The number of urea groups is 1. The molecule has 1 saturated heterocycles. The lowest BCUT2D eigenvalue weighted by molar-refractivity contribution is -0.136. The van der Waals surface area contributed by atoms with E-state index < -0.39 is 11.6 Å². The zero-order valence-electron chi connectivity index (χ0n) is 19.1. The van der Waals surface area contributed by atoms with E-state index in [-0.39, 0.29) is 23.8 Å². The first-order valence-corrected chi connectivity index (χ1v) is 11.2. The van der Waals surface area contributed by atoms with E-state index in [2.05, 4.69) is 57.1 Å². The SMILES string of the molecule is CCN(CCNC(=O)CN1C(=O)NC2(CCC(C(C)(C)CC)CC2)C1=O)C(C)C. The molecule has 0 aromatic rings. The molecule has 7 heteroatoms. The van der Waals surface area contributed by atoms with E-state index in [1.807, 2.05) is 0 Å². The highest BCUT2D eigenvalue weighted by molar-refractivity contribution is 6.09. The number of carbonyl (C=O) groups is 3. The summed E-state index contributed by atoms with van der Waals surface area (Å²) in [6.07, 6.45) is 4.26. The fraction of sp³-hybridized carbons (Fsp3) is 0.864. The molecule has 0 aromatic heterocycles. The third-order valence-electron chi connectivity index (χ3n) is 7.26. The number of likely N-dealkylation sites (N-methyl/N-ethyl adjacent to an activating group) is 1. The Labute approximate surface area is 175 Å². The van der Waals surface area contributed by atoms with Crippen molar-refractivity contribution in [3.8, 4) is 0 Å². The summed E-state index contributed by atoms with van der Waals surface area (Å²) in [7, 11) is 0. The molecule has 2 rings (SSSR count). The van der Waals surface area contributed by atoms with Crippen molar-refractivity contribution in [2.75, 3.05) is 26.2 Å². The minimum absolute atomic E-state index is 0.204. The topological polar surface area (TPSA) is 81.8 Å². The third kappa shape index (κ3) is 5.30. The van der Waals surface area contributed by atoms with Gasteiger partial charge in [0.1, 0.15) is 12.1 Å². The number of hydrogen-bond donors (Lipinski definition) is 2. The van der Waals surface area contributed by atoms with Gasteiger partial charge in [-0.25, -0.2) is 4.79 Å². The summed E-state index contributed by atoms with van der Waals surface area (Å²) in [6.45, 7) is 15.1.